The van der Waals surface area contributed by atoms with Crippen LogP contribution in [0.3, 0.4) is 0 Å². The summed E-state index contributed by atoms with van der Waals surface area (Å²) in [7, 11) is 0. The van der Waals surface area contributed by atoms with Crippen LogP contribution in [0.15, 0.2) is 46.9 Å². The topological polar surface area (TPSA) is 82.8 Å². The van der Waals surface area contributed by atoms with Crippen molar-refractivity contribution >= 4 is 34.6 Å². The highest BCUT2D eigenvalue weighted by molar-refractivity contribution is 6.35. The molecule has 1 fully saturated rings. The van der Waals surface area contributed by atoms with Gasteiger partial charge in [-0.2, -0.15) is 0 Å². The zero-order valence-corrected chi connectivity index (χ0v) is 15.3. The van der Waals surface area contributed by atoms with E-state index in [1.54, 1.807) is 36.4 Å². The van der Waals surface area contributed by atoms with E-state index in [0.717, 1.165) is 11.1 Å². The minimum Gasteiger partial charge on any atom is -0.465 e. The Hall–Kier alpha value is -3.06. The summed E-state index contributed by atoms with van der Waals surface area (Å²) in [5.41, 5.74) is 2.29. The maximum atomic E-state index is 13.0. The van der Waals surface area contributed by atoms with E-state index in [-0.39, 0.29) is 37.3 Å². The van der Waals surface area contributed by atoms with Crippen LogP contribution in [0.1, 0.15) is 17.5 Å². The lowest BCUT2D eigenvalue weighted by Gasteiger charge is -2.34. The number of carbonyl (C=O) groups is 2. The predicted octanol–water partition coefficient (Wildman–Crippen LogP) is 4.31. The van der Waals surface area contributed by atoms with Gasteiger partial charge in [0.15, 0.2) is 5.58 Å². The Bertz CT molecular complexity index is 1110. The largest absolute Gasteiger partial charge is 0.465 e. The second-order valence-corrected chi connectivity index (χ2v) is 6.94. The molecule has 0 aliphatic carbocycles. The van der Waals surface area contributed by atoms with Gasteiger partial charge < -0.3 is 19.7 Å². The number of nitrogens with zero attached hydrogens (tertiary/aromatic N) is 1. The van der Waals surface area contributed by atoms with Crippen LogP contribution < -0.4 is 5.32 Å². The van der Waals surface area contributed by atoms with E-state index >= 15 is 0 Å². The molecule has 4 rings (SSSR count). The predicted molar refractivity (Wildman–Crippen MR) is 102 cm³/mol. The van der Waals surface area contributed by atoms with Gasteiger partial charge in [-0.25, -0.2) is 9.18 Å². The maximum Gasteiger partial charge on any atom is 0.405 e. The second kappa shape index (κ2) is 7.16. The summed E-state index contributed by atoms with van der Waals surface area (Å²) >= 11 is 6.31. The van der Waals surface area contributed by atoms with Crippen LogP contribution in [-0.4, -0.2) is 41.3 Å². The molecule has 1 aliphatic heterocycles. The Morgan fingerprint density at radius 2 is 2.00 bits per heavy atom. The number of furan rings is 1. The third kappa shape index (κ3) is 3.53. The lowest BCUT2D eigenvalue weighted by atomic mass is 10.0. The Balaban J connectivity index is 1.62. The maximum absolute atomic E-state index is 13.0. The van der Waals surface area contributed by atoms with E-state index in [1.165, 1.54) is 4.90 Å². The van der Waals surface area contributed by atoms with E-state index in [2.05, 4.69) is 5.32 Å². The molecule has 6 nitrogen and oxygen atoms in total. The highest BCUT2D eigenvalue weighted by Gasteiger charge is 2.30. The van der Waals surface area contributed by atoms with E-state index in [9.17, 15) is 14.0 Å². The number of benzene rings is 2. The van der Waals surface area contributed by atoms with Crippen molar-refractivity contribution in [1.29, 1.82) is 0 Å². The van der Waals surface area contributed by atoms with E-state index in [1.807, 2.05) is 0 Å². The lowest BCUT2D eigenvalue weighted by molar-refractivity contribution is 0.0400. The molecule has 2 N–H and O–H groups in total. The SMILES string of the molecule is [2H]c1c(CNC(=O)O)oc2c(Cl)cc(-c3ccc(C(=O)N4CC(F)C4)cc3)cc12. The summed E-state index contributed by atoms with van der Waals surface area (Å²) in [6, 6.07) is 10.3. The first-order valence-corrected chi connectivity index (χ1v) is 8.93. The summed E-state index contributed by atoms with van der Waals surface area (Å²) in [5, 5.41) is 11.7. The molecule has 1 aliphatic rings. The van der Waals surface area contributed by atoms with Gasteiger partial charge in [0.25, 0.3) is 5.91 Å². The Kier molecular flexibility index (Phi) is 4.37. The fourth-order valence-corrected chi connectivity index (χ4v) is 3.33. The van der Waals surface area contributed by atoms with Crippen molar-refractivity contribution in [3.8, 4) is 11.1 Å². The van der Waals surface area contributed by atoms with Crippen LogP contribution in [0, 0.1) is 0 Å². The molecule has 1 saturated heterocycles. The standard InChI is InChI=1S/C20H16ClFN2O4/c21-17-7-13(5-14-6-16(28-18(14)17)8-23-20(26)27)11-1-3-12(4-2-11)19(25)24-9-15(22)10-24/h1-7,15,23H,8-10H2,(H,26,27)/i6D. The molecule has 0 spiro atoms. The van der Waals surface area contributed by atoms with Gasteiger partial charge in [0.05, 0.1) is 26.0 Å². The Labute approximate surface area is 165 Å². The van der Waals surface area contributed by atoms with Gasteiger partial charge in [-0.15, -0.1) is 0 Å². The van der Waals surface area contributed by atoms with E-state index in [0.29, 0.717) is 21.6 Å². The number of rotatable bonds is 4. The number of hydrogen-bond donors (Lipinski definition) is 2. The van der Waals surface area contributed by atoms with Crippen molar-refractivity contribution in [2.75, 3.05) is 13.1 Å². The van der Waals surface area contributed by atoms with Gasteiger partial charge in [0.1, 0.15) is 11.9 Å². The third-order valence-corrected chi connectivity index (χ3v) is 4.81. The smallest absolute Gasteiger partial charge is 0.405 e. The average molecular weight is 404 g/mol. The molecule has 0 bridgehead atoms. The normalized spacial score (nSPS) is 14.6. The van der Waals surface area contributed by atoms with Gasteiger partial charge >= 0.3 is 6.09 Å². The summed E-state index contributed by atoms with van der Waals surface area (Å²) in [4.78, 5) is 24.4. The third-order valence-electron chi connectivity index (χ3n) is 4.53. The zero-order valence-electron chi connectivity index (χ0n) is 15.5. The summed E-state index contributed by atoms with van der Waals surface area (Å²) < 4.78 is 26.7. The van der Waals surface area contributed by atoms with Gasteiger partial charge in [-0.05, 0) is 41.4 Å². The quantitative estimate of drug-likeness (QED) is 0.679. The number of amides is 2. The highest BCUT2D eigenvalue weighted by atomic mass is 35.5. The molecule has 144 valence electrons. The second-order valence-electron chi connectivity index (χ2n) is 6.53. The summed E-state index contributed by atoms with van der Waals surface area (Å²) in [5.74, 6) is -0.0408. The van der Waals surface area contributed by atoms with Crippen molar-refractivity contribution < 1.29 is 24.9 Å². The summed E-state index contributed by atoms with van der Waals surface area (Å²) in [6.45, 7) is 0.110. The molecular formula is C20H16ClFN2O4. The molecular weight excluding hydrogens is 387 g/mol. The number of halogens is 2. The number of fused-ring (bicyclic) bond motifs is 1. The lowest BCUT2D eigenvalue weighted by Crippen LogP contribution is -2.51. The first kappa shape index (κ1) is 17.1. The molecule has 0 atom stereocenters. The molecule has 0 radical (unpaired) electrons. The number of carbonyl (C=O) groups excluding carboxylic acids is 1. The van der Waals surface area contributed by atoms with Gasteiger partial charge in [-0.3, -0.25) is 4.79 Å². The van der Waals surface area contributed by atoms with Crippen LogP contribution in [0.5, 0.6) is 0 Å². The van der Waals surface area contributed by atoms with Gasteiger partial charge in [0.2, 0.25) is 0 Å². The molecule has 0 unspecified atom stereocenters. The molecule has 0 saturated carbocycles. The van der Waals surface area contributed by atoms with Crippen molar-refractivity contribution in [1.82, 2.24) is 10.2 Å². The van der Waals surface area contributed by atoms with Crippen LogP contribution in [-0.2, 0) is 6.54 Å². The average Bonchev–Trinajstić information content (AvgIpc) is 3.00. The van der Waals surface area contributed by atoms with Crippen LogP contribution in [0.25, 0.3) is 22.1 Å². The van der Waals surface area contributed by atoms with Gasteiger partial charge in [-0.1, -0.05) is 23.7 Å². The van der Waals surface area contributed by atoms with Crippen molar-refractivity contribution in [2.45, 2.75) is 12.7 Å². The molecule has 28 heavy (non-hydrogen) atoms. The van der Waals surface area contributed by atoms with Crippen LogP contribution in [0.2, 0.25) is 5.02 Å². The van der Waals surface area contributed by atoms with Crippen molar-refractivity contribution in [3.05, 3.63) is 58.8 Å². The monoisotopic (exact) mass is 403 g/mol. The first-order chi connectivity index (χ1) is 13.8. The molecule has 8 heteroatoms. The minimum absolute atomic E-state index is 0.0582. The number of likely N-dealkylation sites (tertiary alicyclic amines) is 1. The Morgan fingerprint density at radius 1 is 1.29 bits per heavy atom. The summed E-state index contributed by atoms with van der Waals surface area (Å²) in [6.07, 6.45) is -2.16. The molecule has 2 amide bonds. The number of carboxylic acid groups (broad SMARTS) is 1. The zero-order chi connectivity index (χ0) is 20.7. The van der Waals surface area contributed by atoms with E-state index in [4.69, 9.17) is 22.5 Å². The first-order valence-electron chi connectivity index (χ1n) is 9.05. The number of hydrogen-bond acceptors (Lipinski definition) is 3. The van der Waals surface area contributed by atoms with Crippen LogP contribution >= 0.6 is 11.6 Å². The van der Waals surface area contributed by atoms with Gasteiger partial charge in [0, 0.05) is 10.9 Å². The fourth-order valence-electron chi connectivity index (χ4n) is 3.07. The van der Waals surface area contributed by atoms with Crippen LogP contribution in [0.4, 0.5) is 9.18 Å². The molecule has 2 aromatic carbocycles. The number of alkyl halides is 1. The molecule has 2 heterocycles. The fraction of sp³-hybridized carbons (Fsp3) is 0.200. The Morgan fingerprint density at radius 3 is 2.64 bits per heavy atom. The number of nitrogens with one attached hydrogen (secondary N) is 1. The minimum atomic E-state index is -1.22. The van der Waals surface area contributed by atoms with E-state index < -0.39 is 12.3 Å². The van der Waals surface area contributed by atoms with Crippen molar-refractivity contribution in [3.63, 3.8) is 0 Å². The molecule has 1 aromatic heterocycles. The highest BCUT2D eigenvalue weighted by Crippen LogP contribution is 2.33. The van der Waals surface area contributed by atoms with Crippen molar-refractivity contribution in [2.24, 2.45) is 0 Å². The molecule has 3 aromatic rings.